The maximum absolute atomic E-state index is 11.3. The summed E-state index contributed by atoms with van der Waals surface area (Å²) in [7, 11) is 0. The number of nitrogens with two attached hydrogens (primary N) is 1. The van der Waals surface area contributed by atoms with Crippen LogP contribution in [0.25, 0.3) is 0 Å². The number of aliphatic carboxylic acids is 1. The number of rotatable bonds is 3. The van der Waals surface area contributed by atoms with E-state index in [2.05, 4.69) is 0 Å². The minimum absolute atomic E-state index is 0.0333. The van der Waals surface area contributed by atoms with Gasteiger partial charge in [0.2, 0.25) is 0 Å². The van der Waals surface area contributed by atoms with Crippen molar-refractivity contribution in [2.75, 3.05) is 6.54 Å². The summed E-state index contributed by atoms with van der Waals surface area (Å²) in [5.41, 5.74) is 5.22. The van der Waals surface area contributed by atoms with Gasteiger partial charge in [0.1, 0.15) is 5.78 Å². The minimum atomic E-state index is -0.855. The van der Waals surface area contributed by atoms with Crippen LogP contribution in [-0.2, 0) is 9.59 Å². The molecule has 1 aliphatic carbocycles. The van der Waals surface area contributed by atoms with Gasteiger partial charge in [0.05, 0.1) is 12.5 Å². The van der Waals surface area contributed by atoms with Crippen LogP contribution in [0.1, 0.15) is 25.7 Å². The normalized spacial score (nSPS) is 28.4. The van der Waals surface area contributed by atoms with Crippen molar-refractivity contribution >= 4 is 11.8 Å². The van der Waals surface area contributed by atoms with E-state index < -0.39 is 11.9 Å². The molecule has 0 aromatic heterocycles. The zero-order valence-corrected chi connectivity index (χ0v) is 7.53. The molecule has 2 atom stereocenters. The molecule has 0 aromatic rings. The van der Waals surface area contributed by atoms with Gasteiger partial charge in [-0.15, -0.1) is 0 Å². The first kappa shape index (κ1) is 10.2. The lowest BCUT2D eigenvalue weighted by Crippen LogP contribution is -2.35. The fourth-order valence-electron chi connectivity index (χ4n) is 1.96. The number of carbonyl (C=O) groups excluding carboxylic acids is 1. The van der Waals surface area contributed by atoms with E-state index in [-0.39, 0.29) is 18.2 Å². The molecule has 0 saturated heterocycles. The summed E-state index contributed by atoms with van der Waals surface area (Å²) in [6.07, 6.45) is 3.16. The van der Waals surface area contributed by atoms with Crippen LogP contribution in [0.5, 0.6) is 0 Å². The highest BCUT2D eigenvalue weighted by molar-refractivity contribution is 5.87. The molecule has 4 nitrogen and oxygen atoms in total. The maximum atomic E-state index is 11.3. The Morgan fingerprint density at radius 2 is 1.77 bits per heavy atom. The third kappa shape index (κ3) is 2.28. The molecule has 3 N–H and O–H groups in total. The zero-order chi connectivity index (χ0) is 9.84. The molecule has 0 radical (unpaired) electrons. The first-order chi connectivity index (χ1) is 6.16. The molecule has 0 heterocycles. The van der Waals surface area contributed by atoms with Crippen molar-refractivity contribution in [1.29, 1.82) is 0 Å². The Bertz CT molecular complexity index is 215. The smallest absolute Gasteiger partial charge is 0.307 e. The standard InChI is InChI=1S/C9H15NO3/c10-5-8(11)6-3-1-2-4-7(6)9(12)13/h6-7H,1-5,10H2,(H,12,13)/t6-,7-/m0/s1. The van der Waals surface area contributed by atoms with Crippen molar-refractivity contribution in [3.05, 3.63) is 0 Å². The van der Waals surface area contributed by atoms with Crippen molar-refractivity contribution in [2.45, 2.75) is 25.7 Å². The third-order valence-corrected chi connectivity index (χ3v) is 2.70. The van der Waals surface area contributed by atoms with E-state index in [0.717, 1.165) is 12.8 Å². The van der Waals surface area contributed by atoms with Crippen LogP contribution in [0.2, 0.25) is 0 Å². The molecule has 1 rings (SSSR count). The molecule has 0 unspecified atom stereocenters. The van der Waals surface area contributed by atoms with Gasteiger partial charge in [-0.05, 0) is 12.8 Å². The van der Waals surface area contributed by atoms with E-state index in [4.69, 9.17) is 10.8 Å². The van der Waals surface area contributed by atoms with E-state index in [1.54, 1.807) is 0 Å². The Hall–Kier alpha value is -0.900. The van der Waals surface area contributed by atoms with Crippen molar-refractivity contribution in [2.24, 2.45) is 17.6 Å². The number of hydrogen-bond donors (Lipinski definition) is 2. The Kier molecular flexibility index (Phi) is 3.42. The van der Waals surface area contributed by atoms with Crippen LogP contribution in [0.3, 0.4) is 0 Å². The molecule has 0 aromatic carbocycles. The van der Waals surface area contributed by atoms with Crippen molar-refractivity contribution in [3.63, 3.8) is 0 Å². The largest absolute Gasteiger partial charge is 0.481 e. The van der Waals surface area contributed by atoms with Crippen LogP contribution in [-0.4, -0.2) is 23.4 Å². The van der Waals surface area contributed by atoms with Crippen molar-refractivity contribution < 1.29 is 14.7 Å². The van der Waals surface area contributed by atoms with Crippen LogP contribution >= 0.6 is 0 Å². The van der Waals surface area contributed by atoms with Gasteiger partial charge in [-0.25, -0.2) is 0 Å². The van der Waals surface area contributed by atoms with E-state index in [0.29, 0.717) is 12.8 Å². The number of ketones is 1. The highest BCUT2D eigenvalue weighted by Crippen LogP contribution is 2.30. The molecular weight excluding hydrogens is 170 g/mol. The molecule has 0 spiro atoms. The Labute approximate surface area is 77.1 Å². The van der Waals surface area contributed by atoms with Gasteiger partial charge >= 0.3 is 5.97 Å². The van der Waals surface area contributed by atoms with Crippen LogP contribution < -0.4 is 5.73 Å². The summed E-state index contributed by atoms with van der Waals surface area (Å²) in [4.78, 5) is 22.1. The molecular formula is C9H15NO3. The van der Waals surface area contributed by atoms with Crippen molar-refractivity contribution in [1.82, 2.24) is 0 Å². The van der Waals surface area contributed by atoms with Gasteiger partial charge in [0.25, 0.3) is 0 Å². The van der Waals surface area contributed by atoms with E-state index in [9.17, 15) is 9.59 Å². The summed E-state index contributed by atoms with van der Waals surface area (Å²) in [5, 5.41) is 8.86. The maximum Gasteiger partial charge on any atom is 0.307 e. The molecule has 1 saturated carbocycles. The number of carboxylic acid groups (broad SMARTS) is 1. The average Bonchev–Trinajstić information content (AvgIpc) is 2.16. The summed E-state index contributed by atoms with van der Waals surface area (Å²) in [6, 6.07) is 0. The first-order valence-corrected chi connectivity index (χ1v) is 4.62. The quantitative estimate of drug-likeness (QED) is 0.667. The Morgan fingerprint density at radius 3 is 2.23 bits per heavy atom. The molecule has 1 fully saturated rings. The second-order valence-corrected chi connectivity index (χ2v) is 3.51. The zero-order valence-electron chi connectivity index (χ0n) is 7.53. The summed E-state index contributed by atoms with van der Waals surface area (Å²) >= 11 is 0. The monoisotopic (exact) mass is 185 g/mol. The van der Waals surface area contributed by atoms with Gasteiger partial charge in [-0.2, -0.15) is 0 Å². The summed E-state index contributed by atoms with van der Waals surface area (Å²) in [6.45, 7) is -0.0333. The molecule has 0 amide bonds. The molecule has 1 aliphatic rings. The second kappa shape index (κ2) is 4.37. The van der Waals surface area contributed by atoms with Gasteiger partial charge in [0.15, 0.2) is 0 Å². The third-order valence-electron chi connectivity index (χ3n) is 2.70. The fourth-order valence-corrected chi connectivity index (χ4v) is 1.96. The predicted octanol–water partition coefficient (Wildman–Crippen LogP) is 0.405. The molecule has 13 heavy (non-hydrogen) atoms. The lowest BCUT2D eigenvalue weighted by Gasteiger charge is -2.26. The molecule has 0 aliphatic heterocycles. The van der Waals surface area contributed by atoms with E-state index in [1.165, 1.54) is 0 Å². The summed E-state index contributed by atoms with van der Waals surface area (Å²) in [5.74, 6) is -1.79. The predicted molar refractivity (Wildman–Crippen MR) is 47.1 cm³/mol. The highest BCUT2D eigenvalue weighted by atomic mass is 16.4. The van der Waals surface area contributed by atoms with Gasteiger partial charge in [-0.3, -0.25) is 9.59 Å². The number of Topliss-reactive ketones (excluding diaryl/α,β-unsaturated/α-hetero) is 1. The van der Waals surface area contributed by atoms with Gasteiger partial charge in [0, 0.05) is 5.92 Å². The van der Waals surface area contributed by atoms with Crippen LogP contribution in [0.15, 0.2) is 0 Å². The first-order valence-electron chi connectivity index (χ1n) is 4.62. The van der Waals surface area contributed by atoms with Gasteiger partial charge in [-0.1, -0.05) is 12.8 Å². The molecule has 74 valence electrons. The second-order valence-electron chi connectivity index (χ2n) is 3.51. The topological polar surface area (TPSA) is 80.4 Å². The molecule has 4 heteroatoms. The lowest BCUT2D eigenvalue weighted by molar-refractivity contribution is -0.148. The minimum Gasteiger partial charge on any atom is -0.481 e. The average molecular weight is 185 g/mol. The van der Waals surface area contributed by atoms with Crippen LogP contribution in [0, 0.1) is 11.8 Å². The Balaban J connectivity index is 2.67. The van der Waals surface area contributed by atoms with E-state index >= 15 is 0 Å². The summed E-state index contributed by atoms with van der Waals surface area (Å²) < 4.78 is 0. The highest BCUT2D eigenvalue weighted by Gasteiger charge is 2.34. The van der Waals surface area contributed by atoms with Crippen molar-refractivity contribution in [3.8, 4) is 0 Å². The number of carboxylic acids is 1. The number of hydrogen-bond acceptors (Lipinski definition) is 3. The van der Waals surface area contributed by atoms with Gasteiger partial charge < -0.3 is 10.8 Å². The van der Waals surface area contributed by atoms with E-state index in [1.807, 2.05) is 0 Å². The fraction of sp³-hybridized carbons (Fsp3) is 0.778. The number of carbonyl (C=O) groups is 2. The lowest BCUT2D eigenvalue weighted by atomic mass is 9.77. The molecule has 0 bridgehead atoms. The van der Waals surface area contributed by atoms with Crippen LogP contribution in [0.4, 0.5) is 0 Å². The Morgan fingerprint density at radius 1 is 1.23 bits per heavy atom. The SMILES string of the molecule is NCC(=O)[C@H]1CCCC[C@@H]1C(=O)O.